The first kappa shape index (κ1) is 15.8. The summed E-state index contributed by atoms with van der Waals surface area (Å²) < 4.78 is 0. The van der Waals surface area contributed by atoms with E-state index in [0.717, 1.165) is 25.7 Å². The molecule has 1 saturated carbocycles. The Balaban J connectivity index is 2.20. The van der Waals surface area contributed by atoms with Crippen LogP contribution in [0.25, 0.3) is 0 Å². The van der Waals surface area contributed by atoms with E-state index in [2.05, 4.69) is 10.6 Å². The van der Waals surface area contributed by atoms with Gasteiger partial charge in [-0.05, 0) is 25.0 Å². The van der Waals surface area contributed by atoms with Gasteiger partial charge in [-0.15, -0.1) is 0 Å². The molecule has 1 fully saturated rings. The topological polar surface area (TPSA) is 108 Å². The highest BCUT2D eigenvalue weighted by molar-refractivity contribution is 5.79. The van der Waals surface area contributed by atoms with Crippen LogP contribution in [0.15, 0.2) is 18.2 Å². The Kier molecular flexibility index (Phi) is 4.94. The third-order valence-electron chi connectivity index (χ3n) is 4.01. The molecule has 22 heavy (non-hydrogen) atoms. The second-order valence-electron chi connectivity index (χ2n) is 5.36. The SMILES string of the molecule is CNC(=O)[C@H]1CCCC[C@@H]1Nc1ccc([N+](=O)[O-])c(C#N)c1. The van der Waals surface area contributed by atoms with Crippen LogP contribution >= 0.6 is 0 Å². The highest BCUT2D eigenvalue weighted by atomic mass is 16.6. The Morgan fingerprint density at radius 1 is 1.41 bits per heavy atom. The summed E-state index contributed by atoms with van der Waals surface area (Å²) in [6.07, 6.45) is 3.72. The lowest BCUT2D eigenvalue weighted by atomic mass is 9.83. The Hall–Kier alpha value is -2.62. The number of nitro benzene ring substituents is 1. The van der Waals surface area contributed by atoms with E-state index in [1.165, 1.54) is 12.1 Å². The molecule has 1 aliphatic carbocycles. The van der Waals surface area contributed by atoms with Crippen molar-refractivity contribution in [1.29, 1.82) is 5.26 Å². The minimum Gasteiger partial charge on any atom is -0.381 e. The number of amides is 1. The molecule has 1 aliphatic rings. The quantitative estimate of drug-likeness (QED) is 0.654. The molecule has 116 valence electrons. The minimum atomic E-state index is -0.573. The first-order valence-corrected chi connectivity index (χ1v) is 7.23. The molecule has 1 aromatic carbocycles. The van der Waals surface area contributed by atoms with Crippen LogP contribution in [0.1, 0.15) is 31.2 Å². The molecule has 0 aliphatic heterocycles. The maximum absolute atomic E-state index is 11.9. The number of benzene rings is 1. The predicted octanol–water partition coefficient (Wildman–Crippen LogP) is 2.18. The molecule has 0 aromatic heterocycles. The van der Waals surface area contributed by atoms with E-state index in [1.54, 1.807) is 13.1 Å². The van der Waals surface area contributed by atoms with Gasteiger partial charge >= 0.3 is 0 Å². The third-order valence-corrected chi connectivity index (χ3v) is 4.01. The van der Waals surface area contributed by atoms with Crippen molar-refractivity contribution < 1.29 is 9.72 Å². The summed E-state index contributed by atoms with van der Waals surface area (Å²) in [5, 5.41) is 25.8. The molecular weight excluding hydrogens is 284 g/mol. The van der Waals surface area contributed by atoms with Gasteiger partial charge in [0.1, 0.15) is 11.6 Å². The van der Waals surface area contributed by atoms with Crippen LogP contribution in [0.3, 0.4) is 0 Å². The molecule has 0 unspecified atom stereocenters. The lowest BCUT2D eigenvalue weighted by molar-refractivity contribution is -0.385. The lowest BCUT2D eigenvalue weighted by Gasteiger charge is -2.31. The van der Waals surface area contributed by atoms with Crippen molar-refractivity contribution in [3.63, 3.8) is 0 Å². The van der Waals surface area contributed by atoms with Crippen LogP contribution in [-0.2, 0) is 4.79 Å². The van der Waals surface area contributed by atoms with Crippen molar-refractivity contribution in [3.05, 3.63) is 33.9 Å². The van der Waals surface area contributed by atoms with Gasteiger partial charge in [-0.1, -0.05) is 12.8 Å². The maximum atomic E-state index is 11.9. The Labute approximate surface area is 128 Å². The van der Waals surface area contributed by atoms with Gasteiger partial charge in [0.25, 0.3) is 5.69 Å². The number of nitriles is 1. The molecule has 0 spiro atoms. The number of hydrogen-bond acceptors (Lipinski definition) is 5. The zero-order valence-corrected chi connectivity index (χ0v) is 12.3. The first-order valence-electron chi connectivity index (χ1n) is 7.23. The fourth-order valence-corrected chi connectivity index (χ4v) is 2.89. The van der Waals surface area contributed by atoms with Crippen LogP contribution in [0.4, 0.5) is 11.4 Å². The Morgan fingerprint density at radius 3 is 2.77 bits per heavy atom. The highest BCUT2D eigenvalue weighted by Crippen LogP contribution is 2.29. The van der Waals surface area contributed by atoms with Gasteiger partial charge in [-0.25, -0.2) is 0 Å². The van der Waals surface area contributed by atoms with E-state index in [4.69, 9.17) is 5.26 Å². The molecule has 0 heterocycles. The minimum absolute atomic E-state index is 0.000353. The van der Waals surface area contributed by atoms with E-state index in [9.17, 15) is 14.9 Å². The monoisotopic (exact) mass is 302 g/mol. The van der Waals surface area contributed by atoms with Crippen molar-refractivity contribution in [3.8, 4) is 6.07 Å². The molecule has 7 nitrogen and oxygen atoms in total. The second-order valence-corrected chi connectivity index (χ2v) is 5.36. The molecule has 0 bridgehead atoms. The van der Waals surface area contributed by atoms with Crippen LogP contribution in [0.2, 0.25) is 0 Å². The van der Waals surface area contributed by atoms with Gasteiger partial charge in [0.05, 0.1) is 10.8 Å². The van der Waals surface area contributed by atoms with Crippen molar-refractivity contribution >= 4 is 17.3 Å². The fourth-order valence-electron chi connectivity index (χ4n) is 2.89. The van der Waals surface area contributed by atoms with Gasteiger partial charge in [-0.3, -0.25) is 14.9 Å². The molecule has 2 atom stereocenters. The largest absolute Gasteiger partial charge is 0.381 e. The summed E-state index contributed by atoms with van der Waals surface area (Å²) in [6.45, 7) is 0. The van der Waals surface area contributed by atoms with Crippen LogP contribution in [0, 0.1) is 27.4 Å². The molecular formula is C15H18N4O3. The van der Waals surface area contributed by atoms with Gasteiger partial charge < -0.3 is 10.6 Å². The summed E-state index contributed by atoms with van der Waals surface area (Å²) in [5.74, 6) is -0.126. The second kappa shape index (κ2) is 6.89. The average Bonchev–Trinajstić information content (AvgIpc) is 2.54. The van der Waals surface area contributed by atoms with Gasteiger partial charge in [0.2, 0.25) is 5.91 Å². The molecule has 1 aromatic rings. The lowest BCUT2D eigenvalue weighted by Crippen LogP contribution is -2.41. The number of anilines is 1. The number of hydrogen-bond donors (Lipinski definition) is 2. The molecule has 7 heteroatoms. The zero-order valence-electron chi connectivity index (χ0n) is 12.3. The van der Waals surface area contributed by atoms with Gasteiger partial charge in [0.15, 0.2) is 0 Å². The van der Waals surface area contributed by atoms with E-state index in [-0.39, 0.29) is 29.1 Å². The van der Waals surface area contributed by atoms with Crippen molar-refractivity contribution in [2.45, 2.75) is 31.7 Å². The fraction of sp³-hybridized carbons (Fsp3) is 0.467. The number of nitro groups is 1. The van der Waals surface area contributed by atoms with Gasteiger partial charge in [-0.2, -0.15) is 5.26 Å². The van der Waals surface area contributed by atoms with Crippen LogP contribution in [0.5, 0.6) is 0 Å². The molecule has 0 radical (unpaired) electrons. The number of carbonyl (C=O) groups is 1. The summed E-state index contributed by atoms with van der Waals surface area (Å²) >= 11 is 0. The normalized spacial score (nSPS) is 20.7. The zero-order chi connectivity index (χ0) is 16.1. The molecule has 2 rings (SSSR count). The van der Waals surface area contributed by atoms with E-state index in [1.807, 2.05) is 6.07 Å². The summed E-state index contributed by atoms with van der Waals surface area (Å²) in [4.78, 5) is 22.2. The number of rotatable bonds is 4. The number of nitrogens with one attached hydrogen (secondary N) is 2. The van der Waals surface area contributed by atoms with E-state index < -0.39 is 4.92 Å². The van der Waals surface area contributed by atoms with Crippen LogP contribution < -0.4 is 10.6 Å². The standard InChI is InChI=1S/C15H18N4O3/c1-17-15(20)12-4-2-3-5-13(12)18-11-6-7-14(19(21)22)10(8-11)9-16/h6-8,12-13,18H,2-5H2,1H3,(H,17,20)/t12-,13-/m0/s1. The third kappa shape index (κ3) is 3.34. The average molecular weight is 302 g/mol. The predicted molar refractivity (Wildman–Crippen MR) is 81.2 cm³/mol. The Morgan fingerprint density at radius 2 is 2.14 bits per heavy atom. The van der Waals surface area contributed by atoms with Crippen LogP contribution in [-0.4, -0.2) is 23.9 Å². The van der Waals surface area contributed by atoms with Gasteiger partial charge in [0, 0.05) is 24.8 Å². The Bertz CT molecular complexity index is 624. The molecule has 1 amide bonds. The summed E-state index contributed by atoms with van der Waals surface area (Å²) in [7, 11) is 1.62. The molecule has 2 N–H and O–H groups in total. The first-order chi connectivity index (χ1) is 10.6. The van der Waals surface area contributed by atoms with Crippen molar-refractivity contribution in [2.75, 3.05) is 12.4 Å². The van der Waals surface area contributed by atoms with Crippen molar-refractivity contribution in [2.24, 2.45) is 5.92 Å². The smallest absolute Gasteiger partial charge is 0.287 e. The number of carbonyl (C=O) groups excluding carboxylic acids is 1. The number of nitrogens with zero attached hydrogens (tertiary/aromatic N) is 2. The summed E-state index contributed by atoms with van der Waals surface area (Å²) in [6, 6.07) is 6.17. The van der Waals surface area contributed by atoms with E-state index in [0.29, 0.717) is 5.69 Å². The highest BCUT2D eigenvalue weighted by Gasteiger charge is 2.30. The molecule has 0 saturated heterocycles. The summed E-state index contributed by atoms with van der Waals surface area (Å²) in [5.41, 5.74) is 0.435. The maximum Gasteiger partial charge on any atom is 0.287 e. The van der Waals surface area contributed by atoms with E-state index >= 15 is 0 Å². The van der Waals surface area contributed by atoms with Crippen molar-refractivity contribution in [1.82, 2.24) is 5.32 Å².